The van der Waals surface area contributed by atoms with Crippen LogP contribution in [0.1, 0.15) is 44.9 Å². The minimum atomic E-state index is -0.0631. The molecule has 3 nitrogen and oxygen atoms in total. The van der Waals surface area contributed by atoms with Gasteiger partial charge in [-0.1, -0.05) is 56.3 Å². The molecule has 0 amide bonds. The number of benzene rings is 4. The Kier molecular flexibility index (Phi) is 7.05. The summed E-state index contributed by atoms with van der Waals surface area (Å²) in [7, 11) is 0. The zero-order chi connectivity index (χ0) is 25.6. The van der Waals surface area contributed by atoms with Crippen LogP contribution in [-0.4, -0.2) is 9.55 Å². The molecule has 3 heterocycles. The quantitative estimate of drug-likeness (QED) is 0.139. The van der Waals surface area contributed by atoms with Gasteiger partial charge in [0.2, 0.25) is 6.33 Å². The molecule has 1 aliphatic rings. The summed E-state index contributed by atoms with van der Waals surface area (Å²) in [4.78, 5) is 4.22. The number of rotatable bonds is 2. The molecule has 4 heteroatoms. The molecule has 0 saturated carbocycles. The van der Waals surface area contributed by atoms with Gasteiger partial charge in [-0.25, -0.2) is 0 Å². The van der Waals surface area contributed by atoms with Gasteiger partial charge in [-0.05, 0) is 42.3 Å². The van der Waals surface area contributed by atoms with Crippen molar-refractivity contribution in [3.63, 3.8) is 0 Å². The minimum absolute atomic E-state index is 0. The standard InChI is InChI=1S/C23H21N2.C11H8N.Ir/c1-15(2)24-14-25-21-13-17-9-6-5-8-16(17)12-19(21)23(3,4)18-10-7-11-20(24)22(18)25;1-2-6-10(7-3-1)11-8-4-5-9-12-11;/h5-12,15H,1-4H3;1-6,8-9H;/q2*-1;+3. The fraction of sp³-hybridized carbons (Fsp3) is 0.176. The van der Waals surface area contributed by atoms with Crippen molar-refractivity contribution in [3.8, 4) is 16.9 Å². The number of imidazole rings is 1. The fourth-order valence-electron chi connectivity index (χ4n) is 5.26. The molecule has 0 radical (unpaired) electrons. The molecule has 0 spiro atoms. The van der Waals surface area contributed by atoms with Crippen molar-refractivity contribution >= 4 is 21.8 Å². The molecule has 2 aromatic heterocycles. The predicted octanol–water partition coefficient (Wildman–Crippen LogP) is 7.44. The molecule has 0 bridgehead atoms. The van der Waals surface area contributed by atoms with E-state index >= 15 is 0 Å². The van der Waals surface area contributed by atoms with Crippen LogP contribution in [0, 0.1) is 18.5 Å². The van der Waals surface area contributed by atoms with Gasteiger partial charge in [0, 0.05) is 6.20 Å². The van der Waals surface area contributed by atoms with E-state index in [0.29, 0.717) is 6.04 Å². The molecule has 6 aromatic rings. The van der Waals surface area contributed by atoms with Gasteiger partial charge in [-0.15, -0.1) is 76.5 Å². The third-order valence-electron chi connectivity index (χ3n) is 7.21. The first-order valence-electron chi connectivity index (χ1n) is 12.8. The number of hydrogen-bond acceptors (Lipinski definition) is 1. The Balaban J connectivity index is 0.000000191. The third kappa shape index (κ3) is 4.38. The first-order valence-corrected chi connectivity index (χ1v) is 12.8. The molecular formula is C34H29IrN3+. The summed E-state index contributed by atoms with van der Waals surface area (Å²) in [6, 6.07) is 38.3. The molecule has 0 aliphatic carbocycles. The maximum Gasteiger partial charge on any atom is 3.00 e. The van der Waals surface area contributed by atoms with Gasteiger partial charge in [0.1, 0.15) is 0 Å². The summed E-state index contributed by atoms with van der Waals surface area (Å²) >= 11 is 0. The predicted molar refractivity (Wildman–Crippen MR) is 150 cm³/mol. The van der Waals surface area contributed by atoms with Gasteiger partial charge in [0.05, 0.1) is 17.1 Å². The largest absolute Gasteiger partial charge is 3.00 e. The smallest absolute Gasteiger partial charge is 0.335 e. The topological polar surface area (TPSA) is 21.7 Å². The van der Waals surface area contributed by atoms with Crippen LogP contribution in [0.2, 0.25) is 0 Å². The molecular weight excluding hydrogens is 643 g/mol. The fourth-order valence-corrected chi connectivity index (χ4v) is 5.26. The molecule has 0 unspecified atom stereocenters. The van der Waals surface area contributed by atoms with Crippen LogP contribution in [0.5, 0.6) is 0 Å². The summed E-state index contributed by atoms with van der Waals surface area (Å²) in [5.74, 6) is 0. The van der Waals surface area contributed by atoms with Gasteiger partial charge in [0.15, 0.2) is 0 Å². The van der Waals surface area contributed by atoms with Gasteiger partial charge < -0.3 is 14.1 Å². The van der Waals surface area contributed by atoms with Crippen LogP contribution in [0.15, 0.2) is 97.2 Å². The van der Waals surface area contributed by atoms with Crippen molar-refractivity contribution in [2.45, 2.75) is 39.2 Å². The Morgan fingerprint density at radius 1 is 0.868 bits per heavy atom. The van der Waals surface area contributed by atoms with E-state index in [0.717, 1.165) is 22.3 Å². The van der Waals surface area contributed by atoms with Crippen LogP contribution < -0.4 is 4.57 Å². The summed E-state index contributed by atoms with van der Waals surface area (Å²) < 4.78 is 4.46. The summed E-state index contributed by atoms with van der Waals surface area (Å²) in [5.41, 5.74) is 8.26. The van der Waals surface area contributed by atoms with Crippen molar-refractivity contribution in [2.75, 3.05) is 0 Å². The molecule has 4 aromatic carbocycles. The van der Waals surface area contributed by atoms with E-state index in [4.69, 9.17) is 0 Å². The Bertz CT molecular complexity index is 1680. The second kappa shape index (κ2) is 10.3. The number of nitrogens with zero attached hydrogens (tertiary/aromatic N) is 3. The number of pyridine rings is 1. The Labute approximate surface area is 238 Å². The summed E-state index contributed by atoms with van der Waals surface area (Å²) in [5, 5.41) is 2.40. The van der Waals surface area contributed by atoms with E-state index < -0.39 is 0 Å². The Morgan fingerprint density at radius 2 is 1.66 bits per heavy atom. The normalized spacial score (nSPS) is 13.0. The zero-order valence-corrected chi connectivity index (χ0v) is 24.4. The van der Waals surface area contributed by atoms with Crippen molar-refractivity contribution in [3.05, 3.63) is 127 Å². The van der Waals surface area contributed by atoms with Gasteiger partial charge in [0.25, 0.3) is 0 Å². The molecule has 38 heavy (non-hydrogen) atoms. The second-order valence-electron chi connectivity index (χ2n) is 10.3. The van der Waals surface area contributed by atoms with E-state index in [-0.39, 0.29) is 25.5 Å². The van der Waals surface area contributed by atoms with Gasteiger partial charge in [-0.2, -0.15) is 0 Å². The van der Waals surface area contributed by atoms with Crippen molar-refractivity contribution in [1.82, 2.24) is 9.55 Å². The van der Waals surface area contributed by atoms with E-state index in [1.807, 2.05) is 42.5 Å². The first-order chi connectivity index (χ1) is 17.9. The first kappa shape index (κ1) is 26.0. The number of fused-ring (bicyclic) bond motifs is 3. The van der Waals surface area contributed by atoms with Gasteiger partial charge >= 0.3 is 20.1 Å². The summed E-state index contributed by atoms with van der Waals surface area (Å²) in [6.07, 6.45) is 5.38. The average Bonchev–Trinajstić information content (AvgIpc) is 3.33. The monoisotopic (exact) mass is 672 g/mol. The zero-order valence-electron chi connectivity index (χ0n) is 22.0. The second-order valence-corrected chi connectivity index (χ2v) is 10.3. The molecule has 0 saturated heterocycles. The van der Waals surface area contributed by atoms with E-state index in [1.54, 1.807) is 6.20 Å². The van der Waals surface area contributed by atoms with Crippen molar-refractivity contribution in [2.24, 2.45) is 0 Å². The van der Waals surface area contributed by atoms with E-state index in [2.05, 4.69) is 109 Å². The molecule has 1 aliphatic heterocycles. The SMILES string of the molecule is CC(C)n1[c-][n+]2c3c(cccc31)C(C)(C)c1cc3ccccc3[c-]c1-2.[Ir+3].[c-]1ccccc1-c1ccccn1. The van der Waals surface area contributed by atoms with E-state index in [1.165, 1.54) is 27.5 Å². The van der Waals surface area contributed by atoms with Crippen LogP contribution in [0.3, 0.4) is 0 Å². The van der Waals surface area contributed by atoms with Crippen LogP contribution in [-0.2, 0) is 25.5 Å². The maximum atomic E-state index is 4.22. The molecule has 0 N–H and O–H groups in total. The Hall–Kier alpha value is -3.59. The third-order valence-corrected chi connectivity index (χ3v) is 7.21. The number of hydrogen-bond donors (Lipinski definition) is 0. The molecule has 0 atom stereocenters. The molecule has 7 rings (SSSR count). The van der Waals surface area contributed by atoms with Crippen molar-refractivity contribution < 1.29 is 24.7 Å². The summed E-state index contributed by atoms with van der Waals surface area (Å²) in [6.45, 7) is 9.06. The minimum Gasteiger partial charge on any atom is -0.335 e. The Morgan fingerprint density at radius 3 is 2.39 bits per heavy atom. The van der Waals surface area contributed by atoms with Crippen molar-refractivity contribution in [1.29, 1.82) is 0 Å². The average molecular weight is 672 g/mol. The van der Waals surface area contributed by atoms with Crippen LogP contribution >= 0.6 is 0 Å². The van der Waals surface area contributed by atoms with E-state index in [9.17, 15) is 0 Å². The molecule has 0 fully saturated rings. The van der Waals surface area contributed by atoms with Crippen LogP contribution in [0.25, 0.3) is 38.8 Å². The maximum absolute atomic E-state index is 4.22. The number of para-hydroxylation sites is 1. The molecule has 188 valence electrons. The van der Waals surface area contributed by atoms with Crippen LogP contribution in [0.4, 0.5) is 0 Å². The van der Waals surface area contributed by atoms with Gasteiger partial charge in [-0.3, -0.25) is 0 Å². The number of aromatic nitrogens is 3.